The highest BCUT2D eigenvalue weighted by atomic mass is 79.9. The largest absolute Gasteiger partial charge is 0.350 e. The normalized spacial score (nSPS) is 12.2. The Kier molecular flexibility index (Phi) is 4.78. The fourth-order valence-electron chi connectivity index (χ4n) is 1.28. The summed E-state index contributed by atoms with van der Waals surface area (Å²) in [4.78, 5) is 11.3. The van der Waals surface area contributed by atoms with E-state index in [1.165, 1.54) is 0 Å². The maximum atomic E-state index is 11.3. The standard InChI is InChI=1S/C11H15BrN2O/c1-8(14-11(15)6-7-13)9-2-4-10(12)5-3-9/h2-5,8H,6-7,13H2,1H3,(H,14,15)/t8-/m0/s1. The van der Waals surface area contributed by atoms with Crippen LogP contribution >= 0.6 is 15.9 Å². The number of rotatable bonds is 4. The first-order valence-electron chi connectivity index (χ1n) is 4.88. The first-order valence-corrected chi connectivity index (χ1v) is 5.67. The van der Waals surface area contributed by atoms with Gasteiger partial charge in [-0.2, -0.15) is 0 Å². The lowest BCUT2D eigenvalue weighted by molar-refractivity contribution is -0.121. The summed E-state index contributed by atoms with van der Waals surface area (Å²) in [5, 5.41) is 2.88. The van der Waals surface area contributed by atoms with E-state index >= 15 is 0 Å². The molecule has 0 aliphatic heterocycles. The highest BCUT2D eigenvalue weighted by molar-refractivity contribution is 9.10. The molecule has 1 amide bonds. The number of hydrogen-bond donors (Lipinski definition) is 2. The Balaban J connectivity index is 2.57. The Hall–Kier alpha value is -0.870. The lowest BCUT2D eigenvalue weighted by Gasteiger charge is -2.13. The maximum Gasteiger partial charge on any atom is 0.221 e. The minimum atomic E-state index is -0.00656. The van der Waals surface area contributed by atoms with Crippen LogP contribution < -0.4 is 11.1 Å². The van der Waals surface area contributed by atoms with Gasteiger partial charge < -0.3 is 11.1 Å². The van der Waals surface area contributed by atoms with Crippen molar-refractivity contribution >= 4 is 21.8 Å². The number of halogens is 1. The van der Waals surface area contributed by atoms with E-state index in [4.69, 9.17) is 5.73 Å². The number of amides is 1. The van der Waals surface area contributed by atoms with Gasteiger partial charge in [0.05, 0.1) is 6.04 Å². The zero-order chi connectivity index (χ0) is 11.3. The molecule has 0 aromatic heterocycles. The maximum absolute atomic E-state index is 11.3. The lowest BCUT2D eigenvalue weighted by atomic mass is 10.1. The molecule has 3 N–H and O–H groups in total. The number of carbonyl (C=O) groups excluding carboxylic acids is 1. The van der Waals surface area contributed by atoms with Crippen molar-refractivity contribution in [3.63, 3.8) is 0 Å². The first-order chi connectivity index (χ1) is 7.13. The third-order valence-electron chi connectivity index (χ3n) is 2.12. The van der Waals surface area contributed by atoms with Gasteiger partial charge in [-0.3, -0.25) is 4.79 Å². The van der Waals surface area contributed by atoms with Crippen molar-refractivity contribution in [3.8, 4) is 0 Å². The van der Waals surface area contributed by atoms with E-state index in [2.05, 4.69) is 21.2 Å². The molecule has 15 heavy (non-hydrogen) atoms. The summed E-state index contributed by atoms with van der Waals surface area (Å²) >= 11 is 3.37. The van der Waals surface area contributed by atoms with Crippen LogP contribution in [0.2, 0.25) is 0 Å². The summed E-state index contributed by atoms with van der Waals surface area (Å²) < 4.78 is 1.03. The minimum Gasteiger partial charge on any atom is -0.350 e. The second-order valence-electron chi connectivity index (χ2n) is 3.38. The average molecular weight is 271 g/mol. The van der Waals surface area contributed by atoms with Gasteiger partial charge in [-0.15, -0.1) is 0 Å². The van der Waals surface area contributed by atoms with Gasteiger partial charge >= 0.3 is 0 Å². The summed E-state index contributed by atoms with van der Waals surface area (Å²) in [7, 11) is 0. The van der Waals surface area contributed by atoms with Crippen LogP contribution in [0.5, 0.6) is 0 Å². The van der Waals surface area contributed by atoms with Gasteiger partial charge in [0.25, 0.3) is 0 Å². The fraction of sp³-hybridized carbons (Fsp3) is 0.364. The van der Waals surface area contributed by atoms with Crippen LogP contribution in [0.4, 0.5) is 0 Å². The van der Waals surface area contributed by atoms with Gasteiger partial charge in [-0.25, -0.2) is 0 Å². The van der Waals surface area contributed by atoms with Gasteiger partial charge in [0.2, 0.25) is 5.91 Å². The van der Waals surface area contributed by atoms with Crippen molar-refractivity contribution in [2.75, 3.05) is 6.54 Å². The van der Waals surface area contributed by atoms with Gasteiger partial charge in [-0.1, -0.05) is 28.1 Å². The minimum absolute atomic E-state index is 0.00656. The Labute approximate surface area is 98.2 Å². The van der Waals surface area contributed by atoms with Crippen LogP contribution in [0, 0.1) is 0 Å². The summed E-state index contributed by atoms with van der Waals surface area (Å²) in [5.74, 6) is -0.00656. The van der Waals surface area contributed by atoms with Crippen LogP contribution in [-0.4, -0.2) is 12.5 Å². The van der Waals surface area contributed by atoms with Crippen LogP contribution in [-0.2, 0) is 4.79 Å². The predicted molar refractivity (Wildman–Crippen MR) is 64.4 cm³/mol. The molecule has 1 atom stereocenters. The molecule has 0 fully saturated rings. The van der Waals surface area contributed by atoms with Crippen LogP contribution in [0.1, 0.15) is 24.9 Å². The van der Waals surface area contributed by atoms with Gasteiger partial charge in [0, 0.05) is 17.4 Å². The van der Waals surface area contributed by atoms with Crippen LogP contribution in [0.15, 0.2) is 28.7 Å². The SMILES string of the molecule is C[C@H](NC(=O)CCN)c1ccc(Br)cc1. The quantitative estimate of drug-likeness (QED) is 0.879. The average Bonchev–Trinajstić information content (AvgIpc) is 2.18. The highest BCUT2D eigenvalue weighted by Crippen LogP contribution is 2.16. The Morgan fingerprint density at radius 2 is 2.07 bits per heavy atom. The lowest BCUT2D eigenvalue weighted by Crippen LogP contribution is -2.28. The zero-order valence-corrected chi connectivity index (χ0v) is 10.3. The van der Waals surface area contributed by atoms with Crippen LogP contribution in [0.25, 0.3) is 0 Å². The van der Waals surface area contributed by atoms with E-state index in [-0.39, 0.29) is 11.9 Å². The van der Waals surface area contributed by atoms with Gasteiger partial charge in [0.15, 0.2) is 0 Å². The smallest absolute Gasteiger partial charge is 0.221 e. The second-order valence-corrected chi connectivity index (χ2v) is 4.30. The zero-order valence-electron chi connectivity index (χ0n) is 8.66. The van der Waals surface area contributed by atoms with Crippen molar-refractivity contribution in [3.05, 3.63) is 34.3 Å². The molecule has 0 unspecified atom stereocenters. The first kappa shape index (κ1) is 12.2. The monoisotopic (exact) mass is 270 g/mol. The molecule has 82 valence electrons. The number of nitrogens with one attached hydrogen (secondary N) is 1. The van der Waals surface area contributed by atoms with Crippen molar-refractivity contribution in [2.45, 2.75) is 19.4 Å². The Morgan fingerprint density at radius 1 is 1.47 bits per heavy atom. The van der Waals surface area contributed by atoms with E-state index < -0.39 is 0 Å². The molecule has 0 bridgehead atoms. The molecule has 1 rings (SSSR count). The molecular weight excluding hydrogens is 256 g/mol. The summed E-state index contributed by atoms with van der Waals surface area (Å²) in [6, 6.07) is 7.91. The van der Waals surface area contributed by atoms with Crippen molar-refractivity contribution in [2.24, 2.45) is 5.73 Å². The predicted octanol–water partition coefficient (Wildman–Crippen LogP) is 1.98. The number of benzene rings is 1. The highest BCUT2D eigenvalue weighted by Gasteiger charge is 2.08. The van der Waals surface area contributed by atoms with Crippen molar-refractivity contribution < 1.29 is 4.79 Å². The molecule has 1 aromatic carbocycles. The summed E-state index contributed by atoms with van der Waals surface area (Å²) in [6.07, 6.45) is 0.376. The Morgan fingerprint density at radius 3 is 2.60 bits per heavy atom. The molecule has 0 aliphatic carbocycles. The fourth-order valence-corrected chi connectivity index (χ4v) is 1.54. The number of carbonyl (C=O) groups is 1. The van der Waals surface area contributed by atoms with E-state index in [1.54, 1.807) is 0 Å². The molecule has 0 spiro atoms. The van der Waals surface area contributed by atoms with E-state index in [0.717, 1.165) is 10.0 Å². The third kappa shape index (κ3) is 4.01. The molecule has 0 saturated carbocycles. The van der Waals surface area contributed by atoms with E-state index in [0.29, 0.717) is 13.0 Å². The third-order valence-corrected chi connectivity index (χ3v) is 2.65. The molecule has 0 aliphatic rings. The number of nitrogens with two attached hydrogens (primary N) is 1. The van der Waals surface area contributed by atoms with Gasteiger partial charge in [0.1, 0.15) is 0 Å². The second kappa shape index (κ2) is 5.88. The van der Waals surface area contributed by atoms with Crippen LogP contribution in [0.3, 0.4) is 0 Å². The molecule has 3 nitrogen and oxygen atoms in total. The van der Waals surface area contributed by atoms with E-state index in [1.807, 2.05) is 31.2 Å². The molecule has 1 aromatic rings. The van der Waals surface area contributed by atoms with E-state index in [9.17, 15) is 4.79 Å². The number of hydrogen-bond acceptors (Lipinski definition) is 2. The molecule has 0 saturated heterocycles. The molecule has 0 heterocycles. The molecular formula is C11H15BrN2O. The topological polar surface area (TPSA) is 55.1 Å². The molecule has 0 radical (unpaired) electrons. The Bertz CT molecular complexity index is 324. The summed E-state index contributed by atoms with van der Waals surface area (Å²) in [5.41, 5.74) is 6.38. The molecule has 4 heteroatoms. The van der Waals surface area contributed by atoms with Crippen molar-refractivity contribution in [1.29, 1.82) is 0 Å². The van der Waals surface area contributed by atoms with Gasteiger partial charge in [-0.05, 0) is 24.6 Å². The van der Waals surface area contributed by atoms with Crippen molar-refractivity contribution in [1.82, 2.24) is 5.32 Å². The summed E-state index contributed by atoms with van der Waals surface area (Å²) in [6.45, 7) is 2.34.